The molecule has 0 aliphatic rings. The second-order valence-electron chi connectivity index (χ2n) is 7.63. The van der Waals surface area contributed by atoms with E-state index in [2.05, 4.69) is 15.2 Å². The number of para-hydroxylation sites is 2. The molecule has 0 aliphatic carbocycles. The summed E-state index contributed by atoms with van der Waals surface area (Å²) in [6, 6.07) is 16.6. The van der Waals surface area contributed by atoms with Crippen LogP contribution in [0.25, 0.3) is 10.9 Å². The minimum atomic E-state index is -3.52. The lowest BCUT2D eigenvalue weighted by molar-refractivity contribution is 0.102. The molecule has 8 nitrogen and oxygen atoms in total. The maximum absolute atomic E-state index is 13.0. The summed E-state index contributed by atoms with van der Waals surface area (Å²) in [5.41, 5.74) is 3.02. The lowest BCUT2D eigenvalue weighted by Crippen LogP contribution is -2.30. The number of ketones is 1. The second kappa shape index (κ2) is 9.40. The molecule has 0 unspecified atom stereocenters. The Balaban J connectivity index is 1.55. The quantitative estimate of drug-likeness (QED) is 0.285. The normalized spacial score (nSPS) is 11.7. The fourth-order valence-corrected chi connectivity index (χ4v) is 5.57. The molecule has 1 N–H and O–H groups in total. The lowest BCUT2D eigenvalue weighted by Gasteiger charge is -2.22. The predicted molar refractivity (Wildman–Crippen MR) is 131 cm³/mol. The number of hydrogen-bond acceptors (Lipinski definition) is 6. The van der Waals surface area contributed by atoms with Crippen molar-refractivity contribution in [2.45, 2.75) is 32.1 Å². The maximum Gasteiger partial charge on any atom is 0.232 e. The van der Waals surface area contributed by atoms with Crippen molar-refractivity contribution in [3.05, 3.63) is 71.7 Å². The molecule has 0 radical (unpaired) electrons. The molecule has 2 heterocycles. The number of sulfonamides is 1. The largest absolute Gasteiger partial charge is 0.358 e. The number of Topliss-reactive ketones (excluding diaryl/α,β-unsaturated/α-hetero) is 1. The zero-order valence-electron chi connectivity index (χ0n) is 18.6. The number of benzene rings is 2. The molecule has 33 heavy (non-hydrogen) atoms. The summed E-state index contributed by atoms with van der Waals surface area (Å²) >= 11 is 1.30. The molecular weight excluding hydrogens is 458 g/mol. The molecule has 0 spiro atoms. The summed E-state index contributed by atoms with van der Waals surface area (Å²) in [6.07, 6.45) is 1.17. The second-order valence-corrected chi connectivity index (χ2v) is 10.5. The smallest absolute Gasteiger partial charge is 0.232 e. The Labute approximate surface area is 197 Å². The number of nitrogens with one attached hydrogen (secondary N) is 1. The minimum Gasteiger partial charge on any atom is -0.358 e. The van der Waals surface area contributed by atoms with Crippen molar-refractivity contribution in [3.8, 4) is 0 Å². The third kappa shape index (κ3) is 4.81. The molecule has 10 heteroatoms. The van der Waals surface area contributed by atoms with Crippen LogP contribution in [-0.4, -0.2) is 46.0 Å². The van der Waals surface area contributed by atoms with E-state index in [1.165, 1.54) is 22.3 Å². The van der Waals surface area contributed by atoms with E-state index < -0.39 is 10.0 Å². The Morgan fingerprint density at radius 2 is 1.79 bits per heavy atom. The third-order valence-electron chi connectivity index (χ3n) is 5.34. The number of carbonyl (C=O) groups excluding carboxylic acids is 1. The summed E-state index contributed by atoms with van der Waals surface area (Å²) in [7, 11) is -3.52. The van der Waals surface area contributed by atoms with Crippen molar-refractivity contribution < 1.29 is 13.2 Å². The summed E-state index contributed by atoms with van der Waals surface area (Å²) < 4.78 is 28.0. The molecule has 2 aromatic carbocycles. The van der Waals surface area contributed by atoms with Crippen molar-refractivity contribution in [1.29, 1.82) is 0 Å². The Kier molecular flexibility index (Phi) is 6.57. The highest BCUT2D eigenvalue weighted by Crippen LogP contribution is 2.26. The van der Waals surface area contributed by atoms with Crippen LogP contribution in [0, 0.1) is 6.92 Å². The summed E-state index contributed by atoms with van der Waals surface area (Å²) in [6.45, 7) is 4.45. The summed E-state index contributed by atoms with van der Waals surface area (Å²) in [5.74, 6) is 0.726. The van der Waals surface area contributed by atoms with Gasteiger partial charge < -0.3 is 9.55 Å². The number of hydrogen-bond donors (Lipinski definition) is 1. The van der Waals surface area contributed by atoms with Gasteiger partial charge in [0.25, 0.3) is 0 Å². The Morgan fingerprint density at radius 3 is 2.48 bits per heavy atom. The van der Waals surface area contributed by atoms with Crippen LogP contribution in [-0.2, 0) is 23.1 Å². The summed E-state index contributed by atoms with van der Waals surface area (Å²) in [4.78, 5) is 16.3. The number of aryl methyl sites for hydroxylation is 1. The van der Waals surface area contributed by atoms with Gasteiger partial charge in [0.05, 0.1) is 24.2 Å². The van der Waals surface area contributed by atoms with E-state index in [0.717, 1.165) is 16.6 Å². The standard InChI is InChI=1S/C23H25N5O3S2/c1-4-27-21(14-28(33(3,30)31)17-10-6-5-7-11-17)25-26-23(27)32-15-20(29)22-16(2)24-19-13-9-8-12-18(19)22/h5-13,24H,4,14-15H2,1-3H3. The first-order valence-corrected chi connectivity index (χ1v) is 13.3. The van der Waals surface area contributed by atoms with Crippen LogP contribution in [0.2, 0.25) is 0 Å². The first-order valence-electron chi connectivity index (χ1n) is 10.5. The van der Waals surface area contributed by atoms with Crippen LogP contribution in [0.5, 0.6) is 0 Å². The number of aromatic nitrogens is 4. The number of aromatic amines is 1. The molecule has 0 saturated heterocycles. The molecule has 0 atom stereocenters. The zero-order valence-corrected chi connectivity index (χ0v) is 20.3. The molecule has 0 amide bonds. The van der Waals surface area contributed by atoms with E-state index in [-0.39, 0.29) is 18.1 Å². The van der Waals surface area contributed by atoms with E-state index in [1.807, 2.05) is 48.7 Å². The fraction of sp³-hybridized carbons (Fsp3) is 0.261. The van der Waals surface area contributed by atoms with Gasteiger partial charge in [-0.1, -0.05) is 48.2 Å². The molecular formula is C23H25N5O3S2. The van der Waals surface area contributed by atoms with Gasteiger partial charge in [-0.2, -0.15) is 0 Å². The maximum atomic E-state index is 13.0. The van der Waals surface area contributed by atoms with Crippen molar-refractivity contribution in [3.63, 3.8) is 0 Å². The van der Waals surface area contributed by atoms with Gasteiger partial charge in [-0.3, -0.25) is 9.10 Å². The highest BCUT2D eigenvalue weighted by atomic mass is 32.2. The van der Waals surface area contributed by atoms with Gasteiger partial charge in [0, 0.05) is 28.7 Å². The molecule has 0 bridgehead atoms. The van der Waals surface area contributed by atoms with Crippen molar-refractivity contribution in [2.75, 3.05) is 16.3 Å². The Morgan fingerprint density at radius 1 is 1.09 bits per heavy atom. The minimum absolute atomic E-state index is 0.00389. The van der Waals surface area contributed by atoms with Gasteiger partial charge in [0.1, 0.15) is 0 Å². The first kappa shape index (κ1) is 23.1. The van der Waals surface area contributed by atoms with Crippen LogP contribution < -0.4 is 4.31 Å². The molecule has 0 aliphatic heterocycles. The molecule has 4 rings (SSSR count). The molecule has 0 fully saturated rings. The van der Waals surface area contributed by atoms with Crippen LogP contribution in [0.15, 0.2) is 59.8 Å². The van der Waals surface area contributed by atoms with Gasteiger partial charge >= 0.3 is 0 Å². The number of thioether (sulfide) groups is 1. The lowest BCUT2D eigenvalue weighted by atomic mass is 10.1. The van der Waals surface area contributed by atoms with E-state index in [9.17, 15) is 13.2 Å². The molecule has 4 aromatic rings. The van der Waals surface area contributed by atoms with Crippen LogP contribution in [0.3, 0.4) is 0 Å². The van der Waals surface area contributed by atoms with Crippen LogP contribution in [0.1, 0.15) is 28.8 Å². The van der Waals surface area contributed by atoms with E-state index in [4.69, 9.17) is 0 Å². The van der Waals surface area contributed by atoms with Gasteiger partial charge in [-0.05, 0) is 32.0 Å². The fourth-order valence-electron chi connectivity index (χ4n) is 3.82. The number of fused-ring (bicyclic) bond motifs is 1. The van der Waals surface area contributed by atoms with Crippen molar-refractivity contribution in [2.24, 2.45) is 0 Å². The van der Waals surface area contributed by atoms with Crippen LogP contribution >= 0.6 is 11.8 Å². The molecule has 0 saturated carbocycles. The average molecular weight is 484 g/mol. The topological polar surface area (TPSA) is 101 Å². The van der Waals surface area contributed by atoms with Gasteiger partial charge in [-0.25, -0.2) is 8.42 Å². The highest BCUT2D eigenvalue weighted by molar-refractivity contribution is 7.99. The van der Waals surface area contributed by atoms with Crippen molar-refractivity contribution >= 4 is 44.2 Å². The highest BCUT2D eigenvalue weighted by Gasteiger charge is 2.23. The average Bonchev–Trinajstić information content (AvgIpc) is 3.34. The zero-order chi connectivity index (χ0) is 23.6. The van der Waals surface area contributed by atoms with E-state index >= 15 is 0 Å². The van der Waals surface area contributed by atoms with Crippen LogP contribution in [0.4, 0.5) is 5.69 Å². The van der Waals surface area contributed by atoms with Gasteiger partial charge in [0.2, 0.25) is 10.0 Å². The number of carbonyl (C=O) groups is 1. The van der Waals surface area contributed by atoms with E-state index in [1.54, 1.807) is 24.3 Å². The first-order chi connectivity index (χ1) is 15.8. The molecule has 172 valence electrons. The Bertz CT molecular complexity index is 1390. The Hall–Kier alpha value is -3.11. The monoisotopic (exact) mass is 483 g/mol. The number of nitrogens with zero attached hydrogens (tertiary/aromatic N) is 4. The van der Waals surface area contributed by atoms with E-state index in [0.29, 0.717) is 28.8 Å². The van der Waals surface area contributed by atoms with Crippen molar-refractivity contribution in [1.82, 2.24) is 19.7 Å². The SMILES string of the molecule is CCn1c(CN(c2ccccc2)S(C)(=O)=O)nnc1SCC(=O)c1c(C)[nH]c2ccccc12. The predicted octanol–water partition coefficient (Wildman–Crippen LogP) is 4.03. The number of anilines is 1. The van der Waals surface area contributed by atoms with Gasteiger partial charge in [0.15, 0.2) is 16.8 Å². The van der Waals surface area contributed by atoms with Gasteiger partial charge in [-0.15, -0.1) is 10.2 Å². The molecule has 2 aromatic heterocycles. The third-order valence-corrected chi connectivity index (χ3v) is 7.45. The summed E-state index contributed by atoms with van der Waals surface area (Å²) in [5, 5.41) is 9.98. The number of H-pyrrole nitrogens is 1. The number of rotatable bonds is 9.